The molecule has 0 fully saturated rings. The third kappa shape index (κ3) is 3.59. The monoisotopic (exact) mass is 217 g/mol. The number of hydrogen-bond acceptors (Lipinski definition) is 3. The van der Waals surface area contributed by atoms with E-state index in [-0.39, 0.29) is 0 Å². The first-order valence-electron chi connectivity index (χ1n) is 5.08. The smallest absolute Gasteiger partial charge is 0.147 e. The molecule has 0 unspecified atom stereocenters. The normalized spacial score (nSPS) is 9.19. The van der Waals surface area contributed by atoms with Gasteiger partial charge in [0.25, 0.3) is 0 Å². The second-order valence-corrected chi connectivity index (χ2v) is 3.35. The average molecular weight is 217 g/mol. The van der Waals surface area contributed by atoms with E-state index >= 15 is 0 Å². The van der Waals surface area contributed by atoms with Crippen molar-refractivity contribution in [3.8, 4) is 12.1 Å². The Morgan fingerprint density at radius 2 is 2.06 bits per heavy atom. The molecule has 82 valence electrons. The van der Waals surface area contributed by atoms with Gasteiger partial charge in [0, 0.05) is 13.0 Å². The SMILES string of the molecule is N#CCCCCNc1ccc(C#N)cc1F. The number of nitrogens with zero attached hydrogens (tertiary/aromatic N) is 2. The molecule has 1 aromatic rings. The number of unbranched alkanes of at least 4 members (excludes halogenated alkanes) is 2. The van der Waals surface area contributed by atoms with Crippen LogP contribution in [0.2, 0.25) is 0 Å². The van der Waals surface area contributed by atoms with Crippen LogP contribution in [0.15, 0.2) is 18.2 Å². The van der Waals surface area contributed by atoms with Crippen molar-refractivity contribution in [1.29, 1.82) is 10.5 Å². The van der Waals surface area contributed by atoms with Crippen molar-refractivity contribution in [1.82, 2.24) is 0 Å². The number of nitrogens with one attached hydrogen (secondary N) is 1. The summed E-state index contributed by atoms with van der Waals surface area (Å²) in [5, 5.41) is 19.8. The molecule has 0 amide bonds. The Bertz CT molecular complexity index is 429. The van der Waals surface area contributed by atoms with E-state index in [9.17, 15) is 4.39 Å². The standard InChI is InChI=1S/C12H12FN3/c13-11-8-10(9-15)4-5-12(11)16-7-3-1-2-6-14/h4-5,8,16H,1-3,7H2. The summed E-state index contributed by atoms with van der Waals surface area (Å²) in [7, 11) is 0. The number of anilines is 1. The summed E-state index contributed by atoms with van der Waals surface area (Å²) in [5.41, 5.74) is 0.712. The minimum atomic E-state index is -0.417. The Hall–Kier alpha value is -2.07. The first kappa shape index (κ1) is 12.0. The largest absolute Gasteiger partial charge is 0.383 e. The Morgan fingerprint density at radius 3 is 2.69 bits per heavy atom. The van der Waals surface area contributed by atoms with Crippen LogP contribution in [0.1, 0.15) is 24.8 Å². The van der Waals surface area contributed by atoms with Gasteiger partial charge in [0.1, 0.15) is 5.82 Å². The van der Waals surface area contributed by atoms with E-state index in [1.165, 1.54) is 6.07 Å². The topological polar surface area (TPSA) is 59.6 Å². The van der Waals surface area contributed by atoms with Gasteiger partial charge in [-0.2, -0.15) is 10.5 Å². The van der Waals surface area contributed by atoms with Gasteiger partial charge in [0.2, 0.25) is 0 Å². The lowest BCUT2D eigenvalue weighted by molar-refractivity contribution is 0.628. The zero-order valence-corrected chi connectivity index (χ0v) is 8.83. The van der Waals surface area contributed by atoms with Crippen LogP contribution in [-0.4, -0.2) is 6.54 Å². The Kier molecular flexibility index (Phi) is 4.82. The van der Waals surface area contributed by atoms with Gasteiger partial charge in [-0.3, -0.25) is 0 Å². The molecule has 0 saturated heterocycles. The second kappa shape index (κ2) is 6.42. The predicted molar refractivity (Wildman–Crippen MR) is 59.1 cm³/mol. The van der Waals surface area contributed by atoms with Gasteiger partial charge in [0.05, 0.1) is 23.4 Å². The molecular weight excluding hydrogens is 205 g/mol. The molecule has 4 heteroatoms. The van der Waals surface area contributed by atoms with Gasteiger partial charge in [-0.25, -0.2) is 4.39 Å². The summed E-state index contributed by atoms with van der Waals surface area (Å²) in [5.74, 6) is -0.417. The molecule has 0 aliphatic carbocycles. The molecule has 0 saturated carbocycles. The fourth-order valence-electron chi connectivity index (χ4n) is 1.28. The van der Waals surface area contributed by atoms with Crippen molar-refractivity contribution >= 4 is 5.69 Å². The Balaban J connectivity index is 2.43. The summed E-state index contributed by atoms with van der Waals surface area (Å²) < 4.78 is 13.3. The minimum absolute atomic E-state index is 0.313. The number of benzene rings is 1. The van der Waals surface area contributed by atoms with Crippen LogP contribution < -0.4 is 5.32 Å². The number of rotatable bonds is 5. The van der Waals surface area contributed by atoms with Crippen molar-refractivity contribution in [3.05, 3.63) is 29.6 Å². The van der Waals surface area contributed by atoms with Crippen LogP contribution in [0.3, 0.4) is 0 Å². The van der Waals surface area contributed by atoms with Gasteiger partial charge >= 0.3 is 0 Å². The van der Waals surface area contributed by atoms with Crippen molar-refractivity contribution in [2.24, 2.45) is 0 Å². The summed E-state index contributed by atoms with van der Waals surface area (Å²) in [6.45, 7) is 0.629. The van der Waals surface area contributed by atoms with Gasteiger partial charge in [-0.15, -0.1) is 0 Å². The van der Waals surface area contributed by atoms with Gasteiger partial charge in [0.15, 0.2) is 0 Å². The maximum atomic E-state index is 13.3. The van der Waals surface area contributed by atoms with E-state index in [2.05, 4.69) is 11.4 Å². The highest BCUT2D eigenvalue weighted by molar-refractivity contribution is 5.48. The third-order valence-electron chi connectivity index (χ3n) is 2.13. The van der Waals surface area contributed by atoms with Crippen LogP contribution in [-0.2, 0) is 0 Å². The van der Waals surface area contributed by atoms with Gasteiger partial charge in [-0.05, 0) is 31.0 Å². The van der Waals surface area contributed by atoms with Crippen molar-refractivity contribution < 1.29 is 4.39 Å². The first-order valence-corrected chi connectivity index (χ1v) is 5.08. The second-order valence-electron chi connectivity index (χ2n) is 3.35. The zero-order valence-electron chi connectivity index (χ0n) is 8.83. The van der Waals surface area contributed by atoms with Gasteiger partial charge in [-0.1, -0.05) is 0 Å². The molecule has 0 atom stereocenters. The van der Waals surface area contributed by atoms with Crippen LogP contribution >= 0.6 is 0 Å². The van der Waals surface area contributed by atoms with E-state index in [0.717, 1.165) is 12.8 Å². The van der Waals surface area contributed by atoms with E-state index < -0.39 is 5.82 Å². The van der Waals surface area contributed by atoms with Crippen molar-refractivity contribution in [3.63, 3.8) is 0 Å². The highest BCUT2D eigenvalue weighted by atomic mass is 19.1. The molecule has 0 aromatic heterocycles. The maximum absolute atomic E-state index is 13.3. The molecule has 16 heavy (non-hydrogen) atoms. The lowest BCUT2D eigenvalue weighted by Crippen LogP contribution is -2.03. The lowest BCUT2D eigenvalue weighted by atomic mass is 10.2. The molecule has 0 heterocycles. The molecule has 3 nitrogen and oxygen atoms in total. The quantitative estimate of drug-likeness (QED) is 0.771. The Morgan fingerprint density at radius 1 is 1.25 bits per heavy atom. The number of hydrogen-bond donors (Lipinski definition) is 1. The maximum Gasteiger partial charge on any atom is 0.147 e. The fourth-order valence-corrected chi connectivity index (χ4v) is 1.28. The molecule has 0 radical (unpaired) electrons. The summed E-state index contributed by atoms with van der Waals surface area (Å²) in [6, 6.07) is 8.26. The third-order valence-corrected chi connectivity index (χ3v) is 2.13. The molecule has 1 rings (SSSR count). The van der Waals surface area contributed by atoms with E-state index in [1.54, 1.807) is 12.1 Å². The predicted octanol–water partition coefficient (Wildman–Crippen LogP) is 2.80. The fraction of sp³-hybridized carbons (Fsp3) is 0.333. The summed E-state index contributed by atoms with van der Waals surface area (Å²) >= 11 is 0. The van der Waals surface area contributed by atoms with E-state index in [0.29, 0.717) is 24.2 Å². The average Bonchev–Trinajstić information content (AvgIpc) is 2.30. The summed E-state index contributed by atoms with van der Waals surface area (Å²) in [4.78, 5) is 0. The van der Waals surface area contributed by atoms with E-state index in [4.69, 9.17) is 10.5 Å². The molecular formula is C12H12FN3. The van der Waals surface area contributed by atoms with Crippen LogP contribution in [0, 0.1) is 28.5 Å². The molecule has 0 aliphatic heterocycles. The molecule has 0 aliphatic rings. The highest BCUT2D eigenvalue weighted by Gasteiger charge is 2.02. The molecule has 1 aromatic carbocycles. The van der Waals surface area contributed by atoms with Gasteiger partial charge < -0.3 is 5.32 Å². The van der Waals surface area contributed by atoms with Crippen molar-refractivity contribution in [2.45, 2.75) is 19.3 Å². The van der Waals surface area contributed by atoms with Crippen LogP contribution in [0.4, 0.5) is 10.1 Å². The zero-order chi connectivity index (χ0) is 11.8. The number of nitriles is 2. The lowest BCUT2D eigenvalue weighted by Gasteiger charge is -2.06. The molecule has 0 bridgehead atoms. The van der Waals surface area contributed by atoms with Crippen LogP contribution in [0.5, 0.6) is 0 Å². The van der Waals surface area contributed by atoms with Crippen molar-refractivity contribution in [2.75, 3.05) is 11.9 Å². The minimum Gasteiger partial charge on any atom is -0.383 e. The first-order chi connectivity index (χ1) is 7.77. The van der Waals surface area contributed by atoms with E-state index in [1.807, 2.05) is 6.07 Å². The number of halogens is 1. The molecule has 1 N–H and O–H groups in total. The van der Waals surface area contributed by atoms with Crippen LogP contribution in [0.25, 0.3) is 0 Å². The molecule has 0 spiro atoms. The highest BCUT2D eigenvalue weighted by Crippen LogP contribution is 2.15. The summed E-state index contributed by atoms with van der Waals surface area (Å²) in [6.07, 6.45) is 2.16. The Labute approximate surface area is 94.1 Å².